The third kappa shape index (κ3) is 4.43. The number of benzene rings is 2. The molecule has 2 aromatic carbocycles. The molecule has 1 heterocycles. The van der Waals surface area contributed by atoms with Gasteiger partial charge in [0, 0.05) is 22.8 Å². The molecule has 1 aliphatic rings. The Morgan fingerprint density at radius 2 is 2.04 bits per heavy atom. The lowest BCUT2D eigenvalue weighted by molar-refractivity contribution is -0.117. The summed E-state index contributed by atoms with van der Waals surface area (Å²) in [6.45, 7) is 1.10. The Morgan fingerprint density at radius 1 is 1.28 bits per heavy atom. The number of likely N-dealkylation sites (N-methyl/N-ethyl adjacent to an activating group) is 1. The first-order valence-electron chi connectivity index (χ1n) is 7.75. The van der Waals surface area contributed by atoms with Gasteiger partial charge in [0.1, 0.15) is 5.75 Å². The summed E-state index contributed by atoms with van der Waals surface area (Å²) in [5.41, 5.74) is 1.74. The van der Waals surface area contributed by atoms with Crippen molar-refractivity contribution in [3.05, 3.63) is 46.4 Å². The van der Waals surface area contributed by atoms with Gasteiger partial charge in [0.25, 0.3) is 0 Å². The zero-order valence-corrected chi connectivity index (χ0v) is 15.6. The Kier molecular flexibility index (Phi) is 5.45. The van der Waals surface area contributed by atoms with E-state index in [4.69, 9.17) is 14.2 Å². The molecule has 2 aromatic rings. The van der Waals surface area contributed by atoms with E-state index in [1.807, 2.05) is 42.3 Å². The summed E-state index contributed by atoms with van der Waals surface area (Å²) in [4.78, 5) is 14.2. The average Bonchev–Trinajstić information content (AvgIpc) is 3.02. The van der Waals surface area contributed by atoms with E-state index >= 15 is 0 Å². The molecule has 0 saturated heterocycles. The van der Waals surface area contributed by atoms with Gasteiger partial charge in [-0.3, -0.25) is 9.69 Å². The zero-order valence-electron chi connectivity index (χ0n) is 14.0. The molecule has 0 aliphatic carbocycles. The van der Waals surface area contributed by atoms with Crippen molar-refractivity contribution in [1.29, 1.82) is 0 Å². The van der Waals surface area contributed by atoms with Gasteiger partial charge in [0.2, 0.25) is 12.7 Å². The van der Waals surface area contributed by atoms with Crippen LogP contribution in [0, 0.1) is 0 Å². The predicted octanol–water partition coefficient (Wildman–Crippen LogP) is 3.26. The number of nitrogens with one attached hydrogen (secondary N) is 1. The third-order valence-corrected chi connectivity index (χ3v) is 4.49. The molecule has 25 heavy (non-hydrogen) atoms. The van der Waals surface area contributed by atoms with Crippen molar-refractivity contribution in [3.63, 3.8) is 0 Å². The molecule has 7 heteroatoms. The van der Waals surface area contributed by atoms with Gasteiger partial charge in [-0.15, -0.1) is 0 Å². The molecule has 0 spiro atoms. The van der Waals surface area contributed by atoms with Crippen LogP contribution in [-0.2, 0) is 11.3 Å². The number of nitrogens with zero attached hydrogens (tertiary/aromatic N) is 1. The SMILES string of the molecule is COc1cccc(NC(=O)CN(C)Cc2cc3c(cc2Br)OCO3)c1. The minimum Gasteiger partial charge on any atom is -0.497 e. The number of rotatable bonds is 6. The number of anilines is 1. The average molecular weight is 407 g/mol. The first-order valence-corrected chi connectivity index (χ1v) is 8.55. The lowest BCUT2D eigenvalue weighted by Crippen LogP contribution is -2.29. The van der Waals surface area contributed by atoms with Crippen molar-refractivity contribution in [1.82, 2.24) is 4.90 Å². The largest absolute Gasteiger partial charge is 0.497 e. The van der Waals surface area contributed by atoms with E-state index in [9.17, 15) is 4.79 Å². The fourth-order valence-corrected chi connectivity index (χ4v) is 3.02. The molecule has 1 N–H and O–H groups in total. The molecular formula is C18H19BrN2O4. The van der Waals surface area contributed by atoms with Crippen LogP contribution < -0.4 is 19.5 Å². The molecule has 6 nitrogen and oxygen atoms in total. The summed E-state index contributed by atoms with van der Waals surface area (Å²) in [5.74, 6) is 2.07. The number of amides is 1. The second kappa shape index (κ2) is 7.76. The Balaban J connectivity index is 1.58. The minimum atomic E-state index is -0.0902. The number of carbonyl (C=O) groups excluding carboxylic acids is 1. The van der Waals surface area contributed by atoms with E-state index in [0.29, 0.717) is 18.0 Å². The summed E-state index contributed by atoms with van der Waals surface area (Å²) in [5, 5.41) is 2.87. The standard InChI is InChI=1S/C18H19BrN2O4/c1-21(9-12-6-16-17(8-15(12)19)25-11-24-16)10-18(22)20-13-4-3-5-14(7-13)23-2/h3-8H,9-11H2,1-2H3,(H,20,22). The maximum absolute atomic E-state index is 12.2. The highest BCUT2D eigenvalue weighted by atomic mass is 79.9. The van der Waals surface area contributed by atoms with E-state index in [0.717, 1.165) is 21.5 Å². The van der Waals surface area contributed by atoms with Crippen molar-refractivity contribution in [3.8, 4) is 17.2 Å². The van der Waals surface area contributed by atoms with Crippen molar-refractivity contribution in [2.24, 2.45) is 0 Å². The number of fused-ring (bicyclic) bond motifs is 1. The Bertz CT molecular complexity index is 782. The zero-order chi connectivity index (χ0) is 17.8. The second-order valence-corrected chi connectivity index (χ2v) is 6.60. The van der Waals surface area contributed by atoms with E-state index in [1.165, 1.54) is 0 Å². The van der Waals surface area contributed by atoms with Crippen LogP contribution in [0.15, 0.2) is 40.9 Å². The number of hydrogen-bond acceptors (Lipinski definition) is 5. The van der Waals surface area contributed by atoms with Crippen molar-refractivity contribution < 1.29 is 19.0 Å². The lowest BCUT2D eigenvalue weighted by atomic mass is 10.2. The second-order valence-electron chi connectivity index (χ2n) is 5.75. The summed E-state index contributed by atoms with van der Waals surface area (Å²) in [6.07, 6.45) is 0. The summed E-state index contributed by atoms with van der Waals surface area (Å²) in [6, 6.07) is 11.1. The van der Waals surface area contributed by atoms with Gasteiger partial charge in [0.05, 0.1) is 13.7 Å². The maximum atomic E-state index is 12.2. The van der Waals surface area contributed by atoms with Crippen molar-refractivity contribution >= 4 is 27.5 Å². The van der Waals surface area contributed by atoms with Gasteiger partial charge in [-0.05, 0) is 36.9 Å². The normalized spacial score (nSPS) is 12.3. The Hall–Kier alpha value is -2.25. The maximum Gasteiger partial charge on any atom is 0.238 e. The molecule has 0 aromatic heterocycles. The highest BCUT2D eigenvalue weighted by Gasteiger charge is 2.17. The first-order chi connectivity index (χ1) is 12.0. The van der Waals surface area contributed by atoms with Crippen LogP contribution in [0.5, 0.6) is 17.2 Å². The van der Waals surface area contributed by atoms with E-state index in [2.05, 4.69) is 21.2 Å². The van der Waals surface area contributed by atoms with Crippen LogP contribution in [0.25, 0.3) is 0 Å². The van der Waals surface area contributed by atoms with E-state index in [1.54, 1.807) is 13.2 Å². The number of hydrogen-bond donors (Lipinski definition) is 1. The van der Waals surface area contributed by atoms with Gasteiger partial charge in [-0.2, -0.15) is 0 Å². The van der Waals surface area contributed by atoms with E-state index in [-0.39, 0.29) is 19.2 Å². The molecule has 1 amide bonds. The van der Waals surface area contributed by atoms with Gasteiger partial charge in [-0.25, -0.2) is 0 Å². The first kappa shape index (κ1) is 17.6. The number of ether oxygens (including phenoxy) is 3. The van der Waals surface area contributed by atoms with Gasteiger partial charge in [0.15, 0.2) is 11.5 Å². The minimum absolute atomic E-state index is 0.0902. The van der Waals surface area contributed by atoms with Gasteiger partial charge >= 0.3 is 0 Å². The smallest absolute Gasteiger partial charge is 0.238 e. The lowest BCUT2D eigenvalue weighted by Gasteiger charge is -2.17. The molecule has 0 radical (unpaired) electrons. The molecule has 0 fully saturated rings. The number of carbonyl (C=O) groups is 1. The fourth-order valence-electron chi connectivity index (χ4n) is 2.57. The molecule has 132 valence electrons. The molecule has 3 rings (SSSR count). The van der Waals surface area contributed by atoms with Crippen LogP contribution in [-0.4, -0.2) is 38.3 Å². The number of methoxy groups -OCH3 is 1. The highest BCUT2D eigenvalue weighted by Crippen LogP contribution is 2.37. The molecule has 1 aliphatic heterocycles. The number of halogens is 1. The molecule has 0 atom stereocenters. The van der Waals surface area contributed by atoms with Crippen molar-refractivity contribution in [2.45, 2.75) is 6.54 Å². The quantitative estimate of drug-likeness (QED) is 0.797. The third-order valence-electron chi connectivity index (χ3n) is 3.75. The van der Waals surface area contributed by atoms with Crippen LogP contribution in [0.1, 0.15) is 5.56 Å². The molecular weight excluding hydrogens is 388 g/mol. The topological polar surface area (TPSA) is 60.0 Å². The predicted molar refractivity (Wildman–Crippen MR) is 98.2 cm³/mol. The summed E-state index contributed by atoms with van der Waals surface area (Å²) in [7, 11) is 3.49. The summed E-state index contributed by atoms with van der Waals surface area (Å²) >= 11 is 3.54. The van der Waals surface area contributed by atoms with Crippen LogP contribution in [0.3, 0.4) is 0 Å². The molecule has 0 saturated carbocycles. The van der Waals surface area contributed by atoms with E-state index < -0.39 is 0 Å². The van der Waals surface area contributed by atoms with Gasteiger partial charge < -0.3 is 19.5 Å². The Labute approximate surface area is 154 Å². The van der Waals surface area contributed by atoms with Crippen LogP contribution >= 0.6 is 15.9 Å². The van der Waals surface area contributed by atoms with Gasteiger partial charge in [-0.1, -0.05) is 22.0 Å². The summed E-state index contributed by atoms with van der Waals surface area (Å²) < 4.78 is 16.8. The van der Waals surface area contributed by atoms with Crippen molar-refractivity contribution in [2.75, 3.05) is 32.8 Å². The molecule has 0 unspecified atom stereocenters. The van der Waals surface area contributed by atoms with Crippen LogP contribution in [0.4, 0.5) is 5.69 Å². The van der Waals surface area contributed by atoms with Crippen LogP contribution in [0.2, 0.25) is 0 Å². The highest BCUT2D eigenvalue weighted by molar-refractivity contribution is 9.10. The fraction of sp³-hybridized carbons (Fsp3) is 0.278. The monoisotopic (exact) mass is 406 g/mol. The molecule has 0 bridgehead atoms. The Morgan fingerprint density at radius 3 is 2.80 bits per heavy atom.